The third-order valence-electron chi connectivity index (χ3n) is 1.59. The van der Waals surface area contributed by atoms with Crippen molar-refractivity contribution >= 4 is 15.9 Å². The van der Waals surface area contributed by atoms with Gasteiger partial charge in [-0.15, -0.1) is 0 Å². The summed E-state index contributed by atoms with van der Waals surface area (Å²) < 4.78 is 5.53. The van der Waals surface area contributed by atoms with Crippen LogP contribution in [0.25, 0.3) is 0 Å². The van der Waals surface area contributed by atoms with Gasteiger partial charge in [0, 0.05) is 5.33 Å². The maximum Gasteiger partial charge on any atom is 0.0720 e. The van der Waals surface area contributed by atoms with Crippen molar-refractivity contribution in [1.82, 2.24) is 0 Å². The Kier molecular flexibility index (Phi) is 4.33. The van der Waals surface area contributed by atoms with E-state index < -0.39 is 0 Å². The van der Waals surface area contributed by atoms with Crippen molar-refractivity contribution in [2.75, 3.05) is 5.33 Å². The predicted molar refractivity (Wildman–Crippen MR) is 54.5 cm³/mol. The first kappa shape index (κ1) is 9.75. The van der Waals surface area contributed by atoms with Gasteiger partial charge in [-0.05, 0) is 12.5 Å². The van der Waals surface area contributed by atoms with E-state index in [1.54, 1.807) is 0 Å². The molecule has 66 valence electrons. The highest BCUT2D eigenvalue weighted by molar-refractivity contribution is 9.09. The second kappa shape index (κ2) is 5.33. The number of hydrogen-bond acceptors (Lipinski definition) is 1. The number of rotatable bonds is 4. The van der Waals surface area contributed by atoms with E-state index in [-0.39, 0.29) is 6.10 Å². The molecule has 0 amide bonds. The van der Waals surface area contributed by atoms with Gasteiger partial charge in [0.2, 0.25) is 0 Å². The van der Waals surface area contributed by atoms with E-state index in [1.807, 2.05) is 18.2 Å². The van der Waals surface area contributed by atoms with Crippen LogP contribution in [-0.4, -0.2) is 11.4 Å². The van der Waals surface area contributed by atoms with Crippen LogP contribution < -0.4 is 0 Å². The van der Waals surface area contributed by atoms with Crippen LogP contribution in [0.5, 0.6) is 0 Å². The second-order valence-corrected chi connectivity index (χ2v) is 3.41. The maximum absolute atomic E-state index is 5.53. The lowest BCUT2D eigenvalue weighted by molar-refractivity contribution is 0.0695. The molecular formula is C10H13BrO. The summed E-state index contributed by atoms with van der Waals surface area (Å²) in [4.78, 5) is 0. The molecule has 0 spiro atoms. The van der Waals surface area contributed by atoms with Crippen molar-refractivity contribution < 1.29 is 4.74 Å². The third-order valence-corrected chi connectivity index (χ3v) is 2.51. The van der Waals surface area contributed by atoms with Crippen molar-refractivity contribution in [1.29, 1.82) is 0 Å². The van der Waals surface area contributed by atoms with Crippen molar-refractivity contribution in [3.63, 3.8) is 0 Å². The Morgan fingerprint density at radius 3 is 2.58 bits per heavy atom. The molecule has 0 aliphatic heterocycles. The van der Waals surface area contributed by atoms with E-state index in [0.29, 0.717) is 6.61 Å². The molecule has 1 rings (SSSR count). The molecule has 2 heteroatoms. The second-order valence-electron chi connectivity index (χ2n) is 2.76. The minimum absolute atomic E-state index is 0.283. The SMILES string of the molecule is C[C@@H](CBr)OCc1ccccc1. The summed E-state index contributed by atoms with van der Waals surface area (Å²) in [5, 5.41) is 0.889. The molecule has 0 N–H and O–H groups in total. The fourth-order valence-corrected chi connectivity index (χ4v) is 1.04. The Balaban J connectivity index is 2.33. The van der Waals surface area contributed by atoms with Crippen LogP contribution >= 0.6 is 15.9 Å². The third kappa shape index (κ3) is 3.37. The van der Waals surface area contributed by atoms with Crippen molar-refractivity contribution in [2.24, 2.45) is 0 Å². The van der Waals surface area contributed by atoms with Crippen LogP contribution in [0, 0.1) is 0 Å². The number of benzene rings is 1. The van der Waals surface area contributed by atoms with Gasteiger partial charge < -0.3 is 4.74 Å². The van der Waals surface area contributed by atoms with Gasteiger partial charge in [-0.2, -0.15) is 0 Å². The molecule has 0 radical (unpaired) electrons. The van der Waals surface area contributed by atoms with Gasteiger partial charge in [0.25, 0.3) is 0 Å². The molecule has 0 aliphatic carbocycles. The van der Waals surface area contributed by atoms with E-state index in [2.05, 4.69) is 35.0 Å². The minimum atomic E-state index is 0.283. The molecular weight excluding hydrogens is 216 g/mol. The van der Waals surface area contributed by atoms with Crippen molar-refractivity contribution in [3.05, 3.63) is 35.9 Å². The monoisotopic (exact) mass is 228 g/mol. The fraction of sp³-hybridized carbons (Fsp3) is 0.400. The summed E-state index contributed by atoms with van der Waals surface area (Å²) >= 11 is 3.36. The standard InChI is InChI=1S/C10H13BrO/c1-9(7-11)12-8-10-5-3-2-4-6-10/h2-6,9H,7-8H2,1H3/t9-/m0/s1. The summed E-state index contributed by atoms with van der Waals surface area (Å²) in [6, 6.07) is 10.2. The molecule has 0 saturated heterocycles. The molecule has 1 aromatic carbocycles. The molecule has 1 atom stereocenters. The molecule has 12 heavy (non-hydrogen) atoms. The first-order chi connectivity index (χ1) is 5.83. The number of alkyl halides is 1. The quantitative estimate of drug-likeness (QED) is 0.721. The van der Waals surface area contributed by atoms with Crippen LogP contribution in [0.1, 0.15) is 12.5 Å². The van der Waals surface area contributed by atoms with Crippen LogP contribution in [-0.2, 0) is 11.3 Å². The zero-order chi connectivity index (χ0) is 8.81. The first-order valence-corrected chi connectivity index (χ1v) is 5.16. The molecule has 1 aromatic rings. The molecule has 0 aromatic heterocycles. The Morgan fingerprint density at radius 2 is 2.00 bits per heavy atom. The molecule has 0 bridgehead atoms. The number of ether oxygens (including phenoxy) is 1. The summed E-state index contributed by atoms with van der Waals surface area (Å²) in [6.07, 6.45) is 0.283. The number of hydrogen-bond donors (Lipinski definition) is 0. The van der Waals surface area contributed by atoms with Gasteiger partial charge in [-0.3, -0.25) is 0 Å². The summed E-state index contributed by atoms with van der Waals surface area (Å²) in [7, 11) is 0. The highest BCUT2D eigenvalue weighted by Gasteiger charge is 1.98. The highest BCUT2D eigenvalue weighted by atomic mass is 79.9. The van der Waals surface area contributed by atoms with E-state index in [9.17, 15) is 0 Å². The highest BCUT2D eigenvalue weighted by Crippen LogP contribution is 2.04. The van der Waals surface area contributed by atoms with Crippen LogP contribution in [0.2, 0.25) is 0 Å². The normalized spacial score (nSPS) is 12.8. The van der Waals surface area contributed by atoms with Gasteiger partial charge in [-0.25, -0.2) is 0 Å². The molecule has 1 nitrogen and oxygen atoms in total. The van der Waals surface area contributed by atoms with E-state index in [1.165, 1.54) is 5.56 Å². The Hall–Kier alpha value is -0.340. The lowest BCUT2D eigenvalue weighted by Gasteiger charge is -2.09. The van der Waals surface area contributed by atoms with Crippen LogP contribution in [0.15, 0.2) is 30.3 Å². The van der Waals surface area contributed by atoms with Crippen LogP contribution in [0.4, 0.5) is 0 Å². The minimum Gasteiger partial charge on any atom is -0.373 e. The predicted octanol–water partition coefficient (Wildman–Crippen LogP) is 2.99. The zero-order valence-corrected chi connectivity index (χ0v) is 8.75. The summed E-state index contributed by atoms with van der Waals surface area (Å²) in [5.74, 6) is 0. The summed E-state index contributed by atoms with van der Waals surface area (Å²) in [5.41, 5.74) is 1.23. The zero-order valence-electron chi connectivity index (χ0n) is 7.16. The average molecular weight is 229 g/mol. The summed E-state index contributed by atoms with van der Waals surface area (Å²) in [6.45, 7) is 2.76. The molecule has 0 aliphatic rings. The van der Waals surface area contributed by atoms with E-state index >= 15 is 0 Å². The van der Waals surface area contributed by atoms with Gasteiger partial charge >= 0.3 is 0 Å². The smallest absolute Gasteiger partial charge is 0.0720 e. The van der Waals surface area contributed by atoms with Crippen LogP contribution in [0.3, 0.4) is 0 Å². The Morgan fingerprint density at radius 1 is 1.33 bits per heavy atom. The molecule has 0 saturated carbocycles. The average Bonchev–Trinajstić information content (AvgIpc) is 2.16. The van der Waals surface area contributed by atoms with E-state index in [0.717, 1.165) is 5.33 Å². The lowest BCUT2D eigenvalue weighted by atomic mass is 10.2. The number of halogens is 1. The lowest BCUT2D eigenvalue weighted by Crippen LogP contribution is -2.08. The Bertz CT molecular complexity index is 210. The molecule has 0 heterocycles. The van der Waals surface area contributed by atoms with Gasteiger partial charge in [0.1, 0.15) is 0 Å². The fourth-order valence-electron chi connectivity index (χ4n) is 0.857. The van der Waals surface area contributed by atoms with Gasteiger partial charge in [-0.1, -0.05) is 46.3 Å². The largest absolute Gasteiger partial charge is 0.373 e. The van der Waals surface area contributed by atoms with Gasteiger partial charge in [0.05, 0.1) is 12.7 Å². The Labute approximate surface area is 81.9 Å². The van der Waals surface area contributed by atoms with Gasteiger partial charge in [0.15, 0.2) is 0 Å². The van der Waals surface area contributed by atoms with Crippen molar-refractivity contribution in [2.45, 2.75) is 19.6 Å². The molecule has 0 unspecified atom stereocenters. The maximum atomic E-state index is 5.53. The topological polar surface area (TPSA) is 9.23 Å². The first-order valence-electron chi connectivity index (χ1n) is 4.04. The van der Waals surface area contributed by atoms with Crippen molar-refractivity contribution in [3.8, 4) is 0 Å². The van der Waals surface area contributed by atoms with E-state index in [4.69, 9.17) is 4.74 Å². The molecule has 0 fully saturated rings.